The van der Waals surface area contributed by atoms with E-state index in [0.717, 1.165) is 17.3 Å². The van der Waals surface area contributed by atoms with Crippen LogP contribution in [-0.2, 0) is 9.59 Å². The number of methoxy groups -OCH3 is 1. The van der Waals surface area contributed by atoms with Crippen LogP contribution in [0.25, 0.3) is 5.69 Å². The predicted octanol–water partition coefficient (Wildman–Crippen LogP) is 5.10. The number of halogens is 3. The van der Waals surface area contributed by atoms with Crippen LogP contribution in [0, 0.1) is 6.92 Å². The molecule has 4 amide bonds. The summed E-state index contributed by atoms with van der Waals surface area (Å²) in [5, 5.41) is 7.47. The second kappa shape index (κ2) is 13.7. The van der Waals surface area contributed by atoms with Gasteiger partial charge in [0.05, 0.1) is 24.2 Å². The number of nitrogens with zero attached hydrogens (tertiary/aromatic N) is 6. The van der Waals surface area contributed by atoms with Crippen molar-refractivity contribution >= 4 is 40.5 Å². The van der Waals surface area contributed by atoms with Crippen molar-refractivity contribution in [1.29, 1.82) is 0 Å². The Morgan fingerprint density at radius 1 is 1.17 bits per heavy atom. The monoisotopic (exact) mass is 669 g/mol. The van der Waals surface area contributed by atoms with Crippen LogP contribution in [0.4, 0.5) is 23.7 Å². The smallest absolute Gasteiger partial charge is 0.497 e. The highest BCUT2D eigenvalue weighted by Crippen LogP contribution is 2.32. The van der Waals surface area contributed by atoms with E-state index >= 15 is 0 Å². The number of anilines is 1. The van der Waals surface area contributed by atoms with E-state index in [1.54, 1.807) is 38.4 Å². The number of allylic oxidation sites excluding steroid dienone is 2. The number of alkyl halides is 3. The summed E-state index contributed by atoms with van der Waals surface area (Å²) in [4.78, 5) is 49.7. The van der Waals surface area contributed by atoms with Crippen molar-refractivity contribution in [2.45, 2.75) is 38.7 Å². The molecule has 1 N–H and O–H groups in total. The Bertz CT molecular complexity index is 1770. The molecule has 1 aromatic heterocycles. The number of aliphatic imine (C=N–C) groups is 1. The van der Waals surface area contributed by atoms with E-state index in [1.807, 2.05) is 19.1 Å². The Balaban J connectivity index is 1.29. The number of ether oxygens (including phenoxy) is 2. The second-order valence-corrected chi connectivity index (χ2v) is 11.5. The van der Waals surface area contributed by atoms with E-state index in [9.17, 15) is 27.6 Å². The molecule has 12 nitrogen and oxygen atoms in total. The van der Waals surface area contributed by atoms with E-state index in [-0.39, 0.29) is 34.4 Å². The van der Waals surface area contributed by atoms with Gasteiger partial charge in [-0.2, -0.15) is 10.1 Å². The fourth-order valence-corrected chi connectivity index (χ4v) is 5.77. The molecule has 1 aliphatic carbocycles. The lowest BCUT2D eigenvalue weighted by molar-refractivity contribution is -0.274. The summed E-state index contributed by atoms with van der Waals surface area (Å²) in [6.07, 6.45) is 1.70. The number of benzene rings is 2. The molecular weight excluding hydrogens is 639 g/mol. The molecule has 0 saturated carbocycles. The molecule has 1 aliphatic heterocycles. The number of urea groups is 1. The van der Waals surface area contributed by atoms with Crippen molar-refractivity contribution in [2.75, 3.05) is 24.8 Å². The summed E-state index contributed by atoms with van der Waals surface area (Å²) >= 11 is 1.14. The third kappa shape index (κ3) is 7.82. The van der Waals surface area contributed by atoms with Gasteiger partial charge < -0.3 is 19.7 Å². The number of aryl methyl sites for hydroxylation is 1. The van der Waals surface area contributed by atoms with Crippen LogP contribution in [-0.4, -0.2) is 75.1 Å². The largest absolute Gasteiger partial charge is 0.573 e. The molecule has 0 bridgehead atoms. The Morgan fingerprint density at radius 2 is 1.89 bits per heavy atom. The number of thioether (sulfide) groups is 1. The molecule has 2 aromatic carbocycles. The third-order valence-electron chi connectivity index (χ3n) is 7.37. The normalized spacial score (nSPS) is 17.8. The predicted molar refractivity (Wildman–Crippen MR) is 168 cm³/mol. The van der Waals surface area contributed by atoms with Crippen LogP contribution >= 0.6 is 11.8 Å². The molecule has 47 heavy (non-hydrogen) atoms. The Morgan fingerprint density at radius 3 is 2.51 bits per heavy atom. The molecule has 2 heterocycles. The van der Waals surface area contributed by atoms with Crippen molar-refractivity contribution in [1.82, 2.24) is 25.0 Å². The van der Waals surface area contributed by atoms with Crippen molar-refractivity contribution in [3.05, 3.63) is 84.0 Å². The lowest BCUT2D eigenvalue weighted by atomic mass is 9.94. The van der Waals surface area contributed by atoms with Gasteiger partial charge in [0.25, 0.3) is 0 Å². The van der Waals surface area contributed by atoms with E-state index < -0.39 is 18.6 Å². The van der Waals surface area contributed by atoms with Gasteiger partial charge in [-0.25, -0.2) is 14.5 Å². The first-order valence-electron chi connectivity index (χ1n) is 14.2. The molecule has 2 aliphatic rings. The van der Waals surface area contributed by atoms with Gasteiger partial charge in [-0.05, 0) is 66.9 Å². The van der Waals surface area contributed by atoms with Gasteiger partial charge in [-0.1, -0.05) is 30.0 Å². The number of rotatable bonds is 8. The molecule has 16 heteroatoms. The van der Waals surface area contributed by atoms with Crippen LogP contribution in [0.15, 0.2) is 77.6 Å². The minimum Gasteiger partial charge on any atom is -0.497 e. The zero-order valence-electron chi connectivity index (χ0n) is 25.7. The van der Waals surface area contributed by atoms with Crippen molar-refractivity contribution < 1.29 is 37.0 Å². The van der Waals surface area contributed by atoms with Crippen molar-refractivity contribution in [2.24, 2.45) is 4.99 Å². The lowest BCUT2D eigenvalue weighted by Crippen LogP contribution is -2.49. The third-order valence-corrected chi connectivity index (χ3v) is 8.30. The number of likely N-dealkylation sites (N-methyl/N-ethyl adjacent to an activating group) is 1. The number of amides is 4. The van der Waals surface area contributed by atoms with Gasteiger partial charge in [0.1, 0.15) is 24.0 Å². The number of nitrogens with one attached hydrogen (secondary N) is 1. The van der Waals surface area contributed by atoms with Crippen molar-refractivity contribution in [3.8, 4) is 17.2 Å². The summed E-state index contributed by atoms with van der Waals surface area (Å²) in [5.41, 5.74) is 2.47. The maximum Gasteiger partial charge on any atom is 0.573 e. The summed E-state index contributed by atoms with van der Waals surface area (Å²) in [6, 6.07) is 9.73. The number of carbonyl (C=O) groups is 3. The standard InChI is InChI=1S/C31H30F3N7O5S/c1-18-15-24(45-4)13-14-25(18)41-26(43)16-47-30(41)37-29(44)36-28(39(3)19(2)42)21-7-5-20(6-8-21)27-35-17-40(38-27)22-9-11-23(12-10-22)46-31(32,33)34/h5,7-15,17,20,28H,6,16H2,1-4H3,(H,36,44)/b37-30-. The fourth-order valence-electron chi connectivity index (χ4n) is 4.91. The molecule has 1 fully saturated rings. The Kier molecular flexibility index (Phi) is 9.69. The number of amidine groups is 1. The zero-order valence-corrected chi connectivity index (χ0v) is 26.5. The minimum absolute atomic E-state index is 0.116. The molecule has 1 saturated heterocycles. The van der Waals surface area contributed by atoms with Gasteiger partial charge in [-0.3, -0.25) is 14.5 Å². The maximum atomic E-state index is 13.2. The first-order chi connectivity index (χ1) is 22.3. The Hall–Kier alpha value is -5.12. The van der Waals surface area contributed by atoms with Gasteiger partial charge in [-0.15, -0.1) is 13.2 Å². The topological polar surface area (TPSA) is 131 Å². The SMILES string of the molecule is COc1ccc(N2C(=O)CS/C2=N\C(=O)NC(C2=CCC(c3ncn(-c4ccc(OC(F)(F)F)cc4)n3)C=C2)N(C)C(C)=O)c(C)c1. The molecule has 0 spiro atoms. The first kappa shape index (κ1) is 33.2. The molecule has 2 unspecified atom stereocenters. The average molecular weight is 670 g/mol. The fraction of sp³-hybridized carbons (Fsp3) is 0.290. The Labute approximate surface area is 271 Å². The highest BCUT2D eigenvalue weighted by atomic mass is 32.2. The van der Waals surface area contributed by atoms with Crippen LogP contribution in [0.2, 0.25) is 0 Å². The van der Waals surface area contributed by atoms with E-state index in [0.29, 0.717) is 34.9 Å². The number of hydrogen-bond donors (Lipinski definition) is 1. The van der Waals surface area contributed by atoms with Crippen LogP contribution in [0.1, 0.15) is 30.7 Å². The van der Waals surface area contributed by atoms with E-state index in [2.05, 4.69) is 25.1 Å². The summed E-state index contributed by atoms with van der Waals surface area (Å²) in [5.74, 6) is 0.103. The van der Waals surface area contributed by atoms with Gasteiger partial charge in [0.15, 0.2) is 11.0 Å². The molecule has 0 radical (unpaired) electrons. The van der Waals surface area contributed by atoms with Gasteiger partial charge in [0, 0.05) is 19.9 Å². The maximum absolute atomic E-state index is 13.2. The quantitative estimate of drug-likeness (QED) is 0.328. The van der Waals surface area contributed by atoms with Gasteiger partial charge in [0.2, 0.25) is 11.8 Å². The minimum atomic E-state index is -4.79. The van der Waals surface area contributed by atoms with Crippen molar-refractivity contribution in [3.63, 3.8) is 0 Å². The number of hydrogen-bond acceptors (Lipinski definition) is 8. The highest BCUT2D eigenvalue weighted by molar-refractivity contribution is 8.15. The van der Waals surface area contributed by atoms with Crippen LogP contribution in [0.3, 0.4) is 0 Å². The van der Waals surface area contributed by atoms with E-state index in [4.69, 9.17) is 4.74 Å². The molecule has 2 atom stereocenters. The molecular formula is C31H30F3N7O5S. The van der Waals surface area contributed by atoms with Crippen LogP contribution in [0.5, 0.6) is 11.5 Å². The summed E-state index contributed by atoms with van der Waals surface area (Å²) in [7, 11) is 3.10. The first-order valence-corrected chi connectivity index (χ1v) is 15.2. The summed E-state index contributed by atoms with van der Waals surface area (Å²) < 4.78 is 48.0. The number of carbonyl (C=O) groups excluding carboxylic acids is 3. The lowest BCUT2D eigenvalue weighted by Gasteiger charge is -2.30. The second-order valence-electron chi connectivity index (χ2n) is 10.5. The molecule has 3 aromatic rings. The molecule has 5 rings (SSSR count). The van der Waals surface area contributed by atoms with E-state index in [1.165, 1.54) is 52.0 Å². The van der Waals surface area contributed by atoms with Crippen LogP contribution < -0.4 is 19.7 Å². The molecule has 246 valence electrons. The zero-order chi connectivity index (χ0) is 33.9. The average Bonchev–Trinajstić information content (AvgIpc) is 3.66. The summed E-state index contributed by atoms with van der Waals surface area (Å²) in [6.45, 7) is 3.20. The number of aromatic nitrogens is 3. The highest BCUT2D eigenvalue weighted by Gasteiger charge is 2.33. The van der Waals surface area contributed by atoms with Gasteiger partial charge >= 0.3 is 12.4 Å².